The SMILES string of the molecule is CC1(C(=O)NC2(C(N)=NO)CCCCC2)CCCC1. The molecule has 0 unspecified atom stereocenters. The van der Waals surface area contributed by atoms with Gasteiger partial charge in [-0.1, -0.05) is 44.2 Å². The van der Waals surface area contributed by atoms with Crippen molar-refractivity contribution in [2.45, 2.75) is 70.3 Å². The highest BCUT2D eigenvalue weighted by atomic mass is 16.4. The smallest absolute Gasteiger partial charge is 0.226 e. The Hall–Kier alpha value is -1.26. The summed E-state index contributed by atoms with van der Waals surface area (Å²) in [5, 5.41) is 15.3. The molecule has 0 atom stereocenters. The van der Waals surface area contributed by atoms with Crippen LogP contribution >= 0.6 is 0 Å². The van der Waals surface area contributed by atoms with Crippen LogP contribution in [0.4, 0.5) is 0 Å². The van der Waals surface area contributed by atoms with E-state index in [1.54, 1.807) is 0 Å². The zero-order valence-electron chi connectivity index (χ0n) is 11.7. The zero-order chi connectivity index (χ0) is 13.9. The molecule has 0 heterocycles. The monoisotopic (exact) mass is 267 g/mol. The van der Waals surface area contributed by atoms with Gasteiger partial charge in [0.1, 0.15) is 5.54 Å². The molecule has 0 saturated heterocycles. The Morgan fingerprint density at radius 3 is 2.16 bits per heavy atom. The number of carbonyl (C=O) groups is 1. The molecule has 0 aromatic carbocycles. The quantitative estimate of drug-likeness (QED) is 0.317. The van der Waals surface area contributed by atoms with Crippen molar-refractivity contribution in [2.75, 3.05) is 0 Å². The summed E-state index contributed by atoms with van der Waals surface area (Å²) in [6.45, 7) is 2.03. The van der Waals surface area contributed by atoms with Gasteiger partial charge in [-0.2, -0.15) is 0 Å². The lowest BCUT2D eigenvalue weighted by molar-refractivity contribution is -0.131. The van der Waals surface area contributed by atoms with Crippen LogP contribution in [0.2, 0.25) is 0 Å². The van der Waals surface area contributed by atoms with Crippen molar-refractivity contribution in [3.8, 4) is 0 Å². The van der Waals surface area contributed by atoms with Crippen molar-refractivity contribution in [3.05, 3.63) is 0 Å². The second-order valence-corrected chi connectivity index (χ2v) is 6.35. The number of amides is 1. The molecule has 0 bridgehead atoms. The minimum atomic E-state index is -0.629. The van der Waals surface area contributed by atoms with Gasteiger partial charge in [-0.05, 0) is 25.7 Å². The maximum absolute atomic E-state index is 12.6. The molecule has 2 saturated carbocycles. The molecule has 19 heavy (non-hydrogen) atoms. The van der Waals surface area contributed by atoms with E-state index in [1.807, 2.05) is 6.92 Å². The van der Waals surface area contributed by atoms with Crippen LogP contribution in [0.15, 0.2) is 5.16 Å². The predicted octanol–water partition coefficient (Wildman–Crippen LogP) is 2.13. The maximum Gasteiger partial charge on any atom is 0.226 e. The fourth-order valence-corrected chi connectivity index (χ4v) is 3.45. The molecular formula is C14H25N3O2. The fourth-order valence-electron chi connectivity index (χ4n) is 3.45. The van der Waals surface area contributed by atoms with Crippen molar-refractivity contribution in [3.63, 3.8) is 0 Å². The first-order valence-electron chi connectivity index (χ1n) is 7.33. The van der Waals surface area contributed by atoms with Crippen molar-refractivity contribution in [1.29, 1.82) is 0 Å². The van der Waals surface area contributed by atoms with Crippen LogP contribution in [0, 0.1) is 5.41 Å². The first-order valence-corrected chi connectivity index (χ1v) is 7.33. The summed E-state index contributed by atoms with van der Waals surface area (Å²) in [5.41, 5.74) is 4.95. The van der Waals surface area contributed by atoms with Crippen LogP contribution in [0.3, 0.4) is 0 Å². The molecule has 5 nitrogen and oxygen atoms in total. The van der Waals surface area contributed by atoms with Crippen LogP contribution in [-0.4, -0.2) is 22.5 Å². The van der Waals surface area contributed by atoms with Crippen LogP contribution in [0.1, 0.15) is 64.7 Å². The van der Waals surface area contributed by atoms with Crippen LogP contribution < -0.4 is 11.1 Å². The molecule has 0 aromatic heterocycles. The molecule has 4 N–H and O–H groups in total. The second-order valence-electron chi connectivity index (χ2n) is 6.35. The predicted molar refractivity (Wildman–Crippen MR) is 73.9 cm³/mol. The second kappa shape index (κ2) is 5.39. The number of nitrogens with one attached hydrogen (secondary N) is 1. The van der Waals surface area contributed by atoms with E-state index < -0.39 is 5.54 Å². The van der Waals surface area contributed by atoms with Gasteiger partial charge >= 0.3 is 0 Å². The Balaban J connectivity index is 2.14. The van der Waals surface area contributed by atoms with Crippen molar-refractivity contribution in [2.24, 2.45) is 16.3 Å². The molecule has 0 radical (unpaired) electrons. The fraction of sp³-hybridized carbons (Fsp3) is 0.857. The van der Waals surface area contributed by atoms with Gasteiger partial charge in [0.15, 0.2) is 5.84 Å². The van der Waals surface area contributed by atoms with Gasteiger partial charge in [0.05, 0.1) is 0 Å². The molecule has 1 amide bonds. The summed E-state index contributed by atoms with van der Waals surface area (Å²) >= 11 is 0. The Morgan fingerprint density at radius 2 is 1.63 bits per heavy atom. The number of rotatable bonds is 3. The number of hydrogen-bond donors (Lipinski definition) is 3. The average Bonchev–Trinajstić information content (AvgIpc) is 2.87. The normalized spacial score (nSPS) is 26.1. The molecule has 2 aliphatic rings. The third-order valence-corrected chi connectivity index (χ3v) is 4.91. The summed E-state index contributed by atoms with van der Waals surface area (Å²) in [7, 11) is 0. The largest absolute Gasteiger partial charge is 0.409 e. The lowest BCUT2D eigenvalue weighted by atomic mass is 9.78. The number of nitrogens with zero attached hydrogens (tertiary/aromatic N) is 1. The molecular weight excluding hydrogens is 242 g/mol. The summed E-state index contributed by atoms with van der Waals surface area (Å²) in [4.78, 5) is 12.6. The van der Waals surface area contributed by atoms with E-state index in [1.165, 1.54) is 0 Å². The third kappa shape index (κ3) is 2.69. The van der Waals surface area contributed by atoms with Gasteiger partial charge < -0.3 is 16.3 Å². The lowest BCUT2D eigenvalue weighted by Gasteiger charge is -2.39. The first kappa shape index (κ1) is 14.2. The molecule has 2 aliphatic carbocycles. The van der Waals surface area contributed by atoms with E-state index in [0.29, 0.717) is 0 Å². The molecule has 2 rings (SSSR count). The van der Waals surface area contributed by atoms with Gasteiger partial charge in [-0.15, -0.1) is 0 Å². The van der Waals surface area contributed by atoms with E-state index in [9.17, 15) is 4.79 Å². The standard InChI is InChI=1S/C14H25N3O2/c1-13(7-5-6-8-13)12(18)16-14(11(15)17-19)9-3-2-4-10-14/h19H,2-10H2,1H3,(H2,15,17)(H,16,18). The number of carbonyl (C=O) groups excluding carboxylic acids is 1. The molecule has 0 spiro atoms. The number of hydrogen-bond acceptors (Lipinski definition) is 3. The van der Waals surface area contributed by atoms with Crippen molar-refractivity contribution in [1.82, 2.24) is 5.32 Å². The number of amidine groups is 1. The highest BCUT2D eigenvalue weighted by Gasteiger charge is 2.43. The average molecular weight is 267 g/mol. The van der Waals surface area contributed by atoms with Crippen molar-refractivity contribution < 1.29 is 10.0 Å². The number of nitrogens with two attached hydrogens (primary N) is 1. The first-order chi connectivity index (χ1) is 9.02. The summed E-state index contributed by atoms with van der Waals surface area (Å²) in [6, 6.07) is 0. The molecule has 108 valence electrons. The highest BCUT2D eigenvalue weighted by Crippen LogP contribution is 2.39. The Bertz CT molecular complexity index is 367. The minimum absolute atomic E-state index is 0.0681. The Kier molecular flexibility index (Phi) is 4.02. The van der Waals surface area contributed by atoms with Gasteiger partial charge in [0.25, 0.3) is 0 Å². The van der Waals surface area contributed by atoms with E-state index in [0.717, 1.165) is 57.8 Å². The molecule has 2 fully saturated rings. The molecule has 0 aromatic rings. The van der Waals surface area contributed by atoms with Crippen molar-refractivity contribution >= 4 is 11.7 Å². The zero-order valence-corrected chi connectivity index (χ0v) is 11.7. The van der Waals surface area contributed by atoms with E-state index in [2.05, 4.69) is 10.5 Å². The van der Waals surface area contributed by atoms with Gasteiger partial charge in [0.2, 0.25) is 5.91 Å². The van der Waals surface area contributed by atoms with Crippen LogP contribution in [0.5, 0.6) is 0 Å². The summed E-state index contributed by atoms with van der Waals surface area (Å²) in [5.74, 6) is 0.223. The summed E-state index contributed by atoms with van der Waals surface area (Å²) < 4.78 is 0. The lowest BCUT2D eigenvalue weighted by Crippen LogP contribution is -2.60. The van der Waals surface area contributed by atoms with Gasteiger partial charge in [-0.25, -0.2) is 0 Å². The van der Waals surface area contributed by atoms with Gasteiger partial charge in [-0.3, -0.25) is 4.79 Å². The van der Waals surface area contributed by atoms with Gasteiger partial charge in [0, 0.05) is 5.41 Å². The minimum Gasteiger partial charge on any atom is -0.409 e. The summed E-state index contributed by atoms with van der Waals surface area (Å²) in [6.07, 6.45) is 8.79. The molecule has 5 heteroatoms. The van der Waals surface area contributed by atoms with Crippen LogP contribution in [-0.2, 0) is 4.79 Å². The Labute approximate surface area is 114 Å². The van der Waals surface area contributed by atoms with E-state index in [-0.39, 0.29) is 17.2 Å². The highest BCUT2D eigenvalue weighted by molar-refractivity contribution is 5.95. The van der Waals surface area contributed by atoms with E-state index in [4.69, 9.17) is 10.9 Å². The van der Waals surface area contributed by atoms with Crippen LogP contribution in [0.25, 0.3) is 0 Å². The number of oxime groups is 1. The van der Waals surface area contributed by atoms with E-state index >= 15 is 0 Å². The third-order valence-electron chi connectivity index (χ3n) is 4.91. The molecule has 0 aliphatic heterocycles. The topological polar surface area (TPSA) is 87.7 Å². The maximum atomic E-state index is 12.6. The Morgan fingerprint density at radius 1 is 1.11 bits per heavy atom.